The molecular formula is C14H24Cl2FN3O3S. The number of hydrogen-bond donors (Lipinski definition) is 2. The molecule has 1 aliphatic rings. The lowest BCUT2D eigenvalue weighted by Gasteiger charge is -2.27. The summed E-state index contributed by atoms with van der Waals surface area (Å²) in [5.74, 6) is -0.663. The van der Waals surface area contributed by atoms with Crippen molar-refractivity contribution in [1.29, 1.82) is 0 Å². The minimum Gasteiger partial charge on any atom is -0.494 e. The van der Waals surface area contributed by atoms with Crippen molar-refractivity contribution in [2.45, 2.75) is 11.3 Å². The Bertz CT molecular complexity index is 599. The van der Waals surface area contributed by atoms with Gasteiger partial charge in [-0.05, 0) is 25.1 Å². The summed E-state index contributed by atoms with van der Waals surface area (Å²) in [6, 6.07) is 3.51. The normalized spacial score (nSPS) is 15.2. The zero-order chi connectivity index (χ0) is 16.0. The minimum absolute atomic E-state index is 0. The highest BCUT2D eigenvalue weighted by Crippen LogP contribution is 2.21. The van der Waals surface area contributed by atoms with Crippen molar-refractivity contribution in [2.24, 2.45) is 0 Å². The number of sulfonamides is 1. The maximum atomic E-state index is 13.3. The summed E-state index contributed by atoms with van der Waals surface area (Å²) in [5, 5.41) is 3.27. The topological polar surface area (TPSA) is 70.7 Å². The van der Waals surface area contributed by atoms with Gasteiger partial charge in [0.25, 0.3) is 0 Å². The van der Waals surface area contributed by atoms with Gasteiger partial charge in [-0.25, -0.2) is 17.5 Å². The standard InChI is InChI=1S/C14H22FN3O3S.2ClH/c1-21-14-11-12(3-4-13(14)15)22(19,20)17-5-2-8-18-9-6-16-7-10-18;;/h3-4,11,16-17H,2,5-10H2,1H3;2*1H. The fourth-order valence-electron chi connectivity index (χ4n) is 2.33. The molecule has 0 aliphatic carbocycles. The van der Waals surface area contributed by atoms with Crippen molar-refractivity contribution in [3.63, 3.8) is 0 Å². The second kappa shape index (κ2) is 11.1. The summed E-state index contributed by atoms with van der Waals surface area (Å²) < 4.78 is 45.0. The van der Waals surface area contributed by atoms with Gasteiger partial charge in [0.2, 0.25) is 10.0 Å². The highest BCUT2D eigenvalue weighted by atomic mass is 35.5. The highest BCUT2D eigenvalue weighted by molar-refractivity contribution is 7.89. The van der Waals surface area contributed by atoms with Gasteiger partial charge in [-0.1, -0.05) is 0 Å². The first-order chi connectivity index (χ1) is 10.5. The lowest BCUT2D eigenvalue weighted by Crippen LogP contribution is -2.44. The van der Waals surface area contributed by atoms with E-state index in [9.17, 15) is 12.8 Å². The Morgan fingerprint density at radius 1 is 1.29 bits per heavy atom. The number of piperazine rings is 1. The Morgan fingerprint density at radius 2 is 1.96 bits per heavy atom. The van der Waals surface area contributed by atoms with E-state index in [1.807, 2.05) is 0 Å². The van der Waals surface area contributed by atoms with Crippen LogP contribution in [0.3, 0.4) is 0 Å². The fraction of sp³-hybridized carbons (Fsp3) is 0.571. The van der Waals surface area contributed by atoms with Gasteiger partial charge in [-0.2, -0.15) is 0 Å². The molecule has 0 amide bonds. The van der Waals surface area contributed by atoms with Crippen molar-refractivity contribution < 1.29 is 17.5 Å². The maximum Gasteiger partial charge on any atom is 0.240 e. The van der Waals surface area contributed by atoms with Crippen LogP contribution in [-0.2, 0) is 10.0 Å². The van der Waals surface area contributed by atoms with E-state index in [2.05, 4.69) is 14.9 Å². The summed E-state index contributed by atoms with van der Waals surface area (Å²) in [6.45, 7) is 5.13. The first-order valence-electron chi connectivity index (χ1n) is 7.29. The highest BCUT2D eigenvalue weighted by Gasteiger charge is 2.16. The second-order valence-corrected chi connectivity index (χ2v) is 6.91. The molecule has 6 nitrogen and oxygen atoms in total. The molecule has 140 valence electrons. The first-order valence-corrected chi connectivity index (χ1v) is 8.77. The summed E-state index contributed by atoms with van der Waals surface area (Å²) in [4.78, 5) is 2.30. The molecule has 1 heterocycles. The van der Waals surface area contributed by atoms with E-state index in [1.165, 1.54) is 19.2 Å². The summed E-state index contributed by atoms with van der Waals surface area (Å²) in [6.07, 6.45) is 0.734. The lowest BCUT2D eigenvalue weighted by molar-refractivity contribution is 0.239. The van der Waals surface area contributed by atoms with E-state index in [4.69, 9.17) is 4.74 Å². The molecule has 1 aromatic rings. The van der Waals surface area contributed by atoms with Crippen molar-refractivity contribution in [3.05, 3.63) is 24.0 Å². The third kappa shape index (κ3) is 6.70. The molecule has 0 radical (unpaired) electrons. The number of rotatable bonds is 7. The minimum atomic E-state index is -3.64. The van der Waals surface area contributed by atoms with Crippen LogP contribution in [0.25, 0.3) is 0 Å². The van der Waals surface area contributed by atoms with Crippen molar-refractivity contribution >= 4 is 34.8 Å². The van der Waals surface area contributed by atoms with E-state index >= 15 is 0 Å². The van der Waals surface area contributed by atoms with E-state index in [1.54, 1.807) is 0 Å². The van der Waals surface area contributed by atoms with Crippen molar-refractivity contribution in [3.8, 4) is 5.75 Å². The van der Waals surface area contributed by atoms with Gasteiger partial charge in [-0.3, -0.25) is 0 Å². The Morgan fingerprint density at radius 3 is 2.58 bits per heavy atom. The molecule has 0 unspecified atom stereocenters. The fourth-order valence-corrected chi connectivity index (χ4v) is 3.42. The SMILES string of the molecule is COc1cc(S(=O)(=O)NCCCN2CCNCC2)ccc1F.Cl.Cl. The predicted octanol–water partition coefficient (Wildman–Crippen LogP) is 1.25. The predicted molar refractivity (Wildman–Crippen MR) is 96.6 cm³/mol. The number of hydrogen-bond acceptors (Lipinski definition) is 5. The average Bonchev–Trinajstić information content (AvgIpc) is 2.53. The van der Waals surface area contributed by atoms with Crippen LogP contribution in [0.2, 0.25) is 0 Å². The van der Waals surface area contributed by atoms with Gasteiger partial charge in [0.05, 0.1) is 12.0 Å². The van der Waals surface area contributed by atoms with Gasteiger partial charge >= 0.3 is 0 Å². The largest absolute Gasteiger partial charge is 0.494 e. The molecule has 24 heavy (non-hydrogen) atoms. The number of halogens is 3. The Balaban J connectivity index is 0.00000264. The van der Waals surface area contributed by atoms with Crippen LogP contribution in [0.4, 0.5) is 4.39 Å². The van der Waals surface area contributed by atoms with Crippen LogP contribution < -0.4 is 14.8 Å². The monoisotopic (exact) mass is 403 g/mol. The van der Waals surface area contributed by atoms with Crippen LogP contribution in [0.1, 0.15) is 6.42 Å². The van der Waals surface area contributed by atoms with Crippen LogP contribution in [0, 0.1) is 5.82 Å². The molecule has 0 atom stereocenters. The molecule has 10 heteroatoms. The zero-order valence-electron chi connectivity index (χ0n) is 13.5. The van der Waals surface area contributed by atoms with Gasteiger partial charge in [-0.15, -0.1) is 24.8 Å². The molecular weight excluding hydrogens is 380 g/mol. The first kappa shape index (κ1) is 23.4. The Labute approximate surface area is 155 Å². The molecule has 0 aromatic heterocycles. The molecule has 2 N–H and O–H groups in total. The number of nitrogens with zero attached hydrogens (tertiary/aromatic N) is 1. The molecule has 0 saturated carbocycles. The van der Waals surface area contributed by atoms with Crippen molar-refractivity contribution in [1.82, 2.24) is 14.9 Å². The summed E-state index contributed by atoms with van der Waals surface area (Å²) in [7, 11) is -2.34. The van der Waals surface area contributed by atoms with Gasteiger partial charge in [0, 0.05) is 38.8 Å². The maximum absolute atomic E-state index is 13.3. The number of benzene rings is 1. The molecule has 1 saturated heterocycles. The molecule has 0 spiro atoms. The number of ether oxygens (including phenoxy) is 1. The van der Waals surface area contributed by atoms with Crippen molar-refractivity contribution in [2.75, 3.05) is 46.4 Å². The molecule has 1 aliphatic heterocycles. The average molecular weight is 404 g/mol. The smallest absolute Gasteiger partial charge is 0.240 e. The summed E-state index contributed by atoms with van der Waals surface area (Å²) in [5.41, 5.74) is 0. The van der Waals surface area contributed by atoms with E-state index in [0.717, 1.165) is 45.2 Å². The Kier molecular flexibility index (Phi) is 10.8. The van der Waals surface area contributed by atoms with Crippen LogP contribution in [0.5, 0.6) is 5.75 Å². The number of methoxy groups -OCH3 is 1. The van der Waals surface area contributed by atoms with Gasteiger partial charge in [0.1, 0.15) is 0 Å². The Hall–Kier alpha value is -0.640. The molecule has 0 bridgehead atoms. The second-order valence-electron chi connectivity index (χ2n) is 5.14. The third-order valence-electron chi connectivity index (χ3n) is 3.59. The zero-order valence-corrected chi connectivity index (χ0v) is 15.9. The van der Waals surface area contributed by atoms with E-state index in [0.29, 0.717) is 6.54 Å². The van der Waals surface area contributed by atoms with E-state index in [-0.39, 0.29) is 35.5 Å². The van der Waals surface area contributed by atoms with Gasteiger partial charge in [0.15, 0.2) is 11.6 Å². The van der Waals surface area contributed by atoms with Crippen LogP contribution in [0.15, 0.2) is 23.1 Å². The third-order valence-corrected chi connectivity index (χ3v) is 5.04. The van der Waals surface area contributed by atoms with E-state index < -0.39 is 15.8 Å². The lowest BCUT2D eigenvalue weighted by atomic mass is 10.3. The molecule has 1 fully saturated rings. The quantitative estimate of drug-likeness (QED) is 0.670. The number of nitrogens with one attached hydrogen (secondary N) is 2. The van der Waals surface area contributed by atoms with Crippen LogP contribution >= 0.6 is 24.8 Å². The van der Waals surface area contributed by atoms with Gasteiger partial charge < -0.3 is 15.0 Å². The summed E-state index contributed by atoms with van der Waals surface area (Å²) >= 11 is 0. The van der Waals surface area contributed by atoms with Crippen LogP contribution in [-0.4, -0.2) is 59.7 Å². The molecule has 1 aromatic carbocycles. The molecule has 2 rings (SSSR count).